The van der Waals surface area contributed by atoms with Gasteiger partial charge in [-0.3, -0.25) is 0 Å². The summed E-state index contributed by atoms with van der Waals surface area (Å²) in [4.78, 5) is 11.6. The molecular weight excluding hydrogens is 316 g/mol. The van der Waals surface area contributed by atoms with Gasteiger partial charge in [-0.1, -0.05) is 15.9 Å². The fraction of sp³-hybridized carbons (Fsp3) is 0.462. The van der Waals surface area contributed by atoms with Gasteiger partial charge < -0.3 is 19.3 Å². The van der Waals surface area contributed by atoms with Crippen LogP contribution in [0.5, 0.6) is 11.5 Å². The summed E-state index contributed by atoms with van der Waals surface area (Å²) in [6, 6.07) is 3.30. The Morgan fingerprint density at radius 3 is 2.68 bits per heavy atom. The van der Waals surface area contributed by atoms with Crippen molar-refractivity contribution < 1.29 is 24.1 Å². The molecular formula is C13H15BrO5. The number of carbonyl (C=O) groups excluding carboxylic acids is 1. The molecule has 1 heterocycles. The molecule has 1 unspecified atom stereocenters. The molecule has 0 radical (unpaired) electrons. The van der Waals surface area contributed by atoms with E-state index in [0.717, 1.165) is 6.42 Å². The highest BCUT2D eigenvalue weighted by Gasteiger charge is 2.24. The van der Waals surface area contributed by atoms with Gasteiger partial charge in [0.15, 0.2) is 17.6 Å². The molecule has 0 amide bonds. The normalized spacial score (nSPS) is 15.5. The third-order valence-electron chi connectivity index (χ3n) is 2.67. The van der Waals surface area contributed by atoms with E-state index in [9.17, 15) is 9.90 Å². The summed E-state index contributed by atoms with van der Waals surface area (Å²) in [5.41, 5.74) is 0.405. The molecule has 1 aromatic carbocycles. The average molecular weight is 331 g/mol. The molecule has 1 aliphatic rings. The maximum absolute atomic E-state index is 11.6. The summed E-state index contributed by atoms with van der Waals surface area (Å²) in [7, 11) is 0. The lowest BCUT2D eigenvalue weighted by atomic mass is 10.1. The van der Waals surface area contributed by atoms with E-state index in [-0.39, 0.29) is 6.61 Å². The summed E-state index contributed by atoms with van der Waals surface area (Å²) < 4.78 is 16.4. The van der Waals surface area contributed by atoms with Crippen molar-refractivity contribution in [2.75, 3.05) is 19.8 Å². The van der Waals surface area contributed by atoms with Gasteiger partial charge in [-0.15, -0.1) is 0 Å². The summed E-state index contributed by atoms with van der Waals surface area (Å²) >= 11 is 3.32. The predicted octanol–water partition coefficient (Wildman–Crippen LogP) is 2.21. The Morgan fingerprint density at radius 2 is 2.05 bits per heavy atom. The highest BCUT2D eigenvalue weighted by Crippen LogP contribution is 2.37. The SMILES string of the molecule is CCOC(=O)C(O)c1cc2c(cc1Br)OCCCO2. The third-order valence-corrected chi connectivity index (χ3v) is 3.36. The monoisotopic (exact) mass is 330 g/mol. The van der Waals surface area contributed by atoms with Gasteiger partial charge in [0.05, 0.1) is 19.8 Å². The van der Waals surface area contributed by atoms with Crippen LogP contribution in [-0.4, -0.2) is 30.9 Å². The van der Waals surface area contributed by atoms with Crippen LogP contribution in [-0.2, 0) is 9.53 Å². The lowest BCUT2D eigenvalue weighted by molar-refractivity contribution is -0.153. The van der Waals surface area contributed by atoms with Gasteiger partial charge in [0.25, 0.3) is 0 Å². The van der Waals surface area contributed by atoms with Gasteiger partial charge in [0, 0.05) is 16.5 Å². The van der Waals surface area contributed by atoms with Crippen molar-refractivity contribution in [1.29, 1.82) is 0 Å². The standard InChI is InChI=1S/C13H15BrO5/c1-2-17-13(16)12(15)8-6-10-11(7-9(8)14)19-5-3-4-18-10/h6-7,12,15H,2-5H2,1H3. The number of esters is 1. The summed E-state index contributed by atoms with van der Waals surface area (Å²) in [5, 5.41) is 9.97. The Balaban J connectivity index is 2.31. The molecule has 0 bridgehead atoms. The number of aliphatic hydroxyl groups excluding tert-OH is 1. The molecule has 1 aromatic rings. The minimum atomic E-state index is -1.34. The van der Waals surface area contributed by atoms with E-state index in [2.05, 4.69) is 15.9 Å². The highest BCUT2D eigenvalue weighted by atomic mass is 79.9. The first-order valence-electron chi connectivity index (χ1n) is 6.07. The quantitative estimate of drug-likeness (QED) is 0.861. The summed E-state index contributed by atoms with van der Waals surface area (Å²) in [6.45, 7) is 3.04. The van der Waals surface area contributed by atoms with Crippen LogP contribution in [0, 0.1) is 0 Å². The van der Waals surface area contributed by atoms with E-state index < -0.39 is 12.1 Å². The number of fused-ring (bicyclic) bond motifs is 1. The molecule has 0 spiro atoms. The fourth-order valence-electron chi connectivity index (χ4n) is 1.76. The molecule has 0 fully saturated rings. The van der Waals surface area contributed by atoms with E-state index in [1.165, 1.54) is 0 Å². The van der Waals surface area contributed by atoms with Gasteiger partial charge in [0.1, 0.15) is 0 Å². The van der Waals surface area contributed by atoms with Gasteiger partial charge in [-0.2, -0.15) is 0 Å². The molecule has 104 valence electrons. The topological polar surface area (TPSA) is 65.0 Å². The molecule has 0 saturated carbocycles. The Kier molecular flexibility index (Phi) is 4.66. The maximum atomic E-state index is 11.6. The zero-order valence-electron chi connectivity index (χ0n) is 10.5. The number of hydrogen-bond donors (Lipinski definition) is 1. The van der Waals surface area contributed by atoms with E-state index in [1.54, 1.807) is 19.1 Å². The van der Waals surface area contributed by atoms with Gasteiger partial charge >= 0.3 is 5.97 Å². The minimum Gasteiger partial charge on any atom is -0.490 e. The minimum absolute atomic E-state index is 0.220. The van der Waals surface area contributed by atoms with E-state index in [0.29, 0.717) is 34.7 Å². The van der Waals surface area contributed by atoms with E-state index >= 15 is 0 Å². The first-order valence-corrected chi connectivity index (χ1v) is 6.86. The number of halogens is 1. The molecule has 1 atom stereocenters. The molecule has 1 aliphatic heterocycles. The van der Waals surface area contributed by atoms with Crippen molar-refractivity contribution in [3.8, 4) is 11.5 Å². The first kappa shape index (κ1) is 14.1. The third kappa shape index (κ3) is 3.19. The first-order chi connectivity index (χ1) is 9.13. The van der Waals surface area contributed by atoms with Crippen LogP contribution in [0.1, 0.15) is 25.0 Å². The summed E-state index contributed by atoms with van der Waals surface area (Å²) in [5.74, 6) is 0.445. The fourth-order valence-corrected chi connectivity index (χ4v) is 2.30. The average Bonchev–Trinajstić information content (AvgIpc) is 2.62. The van der Waals surface area contributed by atoms with Crippen molar-refractivity contribution in [2.45, 2.75) is 19.4 Å². The molecule has 6 heteroatoms. The lowest BCUT2D eigenvalue weighted by Crippen LogP contribution is -2.16. The van der Waals surface area contributed by atoms with Crippen LogP contribution in [0.15, 0.2) is 16.6 Å². The van der Waals surface area contributed by atoms with Crippen LogP contribution in [0.4, 0.5) is 0 Å². The number of ether oxygens (including phenoxy) is 3. The Labute approximate surface area is 119 Å². The van der Waals surface area contributed by atoms with Crippen molar-refractivity contribution >= 4 is 21.9 Å². The Morgan fingerprint density at radius 1 is 1.42 bits per heavy atom. The Bertz CT molecular complexity index is 474. The number of hydrogen-bond acceptors (Lipinski definition) is 5. The van der Waals surface area contributed by atoms with Crippen LogP contribution in [0.2, 0.25) is 0 Å². The van der Waals surface area contributed by atoms with Gasteiger partial charge in [0.2, 0.25) is 0 Å². The molecule has 2 rings (SSSR count). The second-order valence-electron chi connectivity index (χ2n) is 4.03. The second-order valence-corrected chi connectivity index (χ2v) is 4.88. The highest BCUT2D eigenvalue weighted by molar-refractivity contribution is 9.10. The Hall–Kier alpha value is -1.27. The van der Waals surface area contributed by atoms with E-state index in [1.807, 2.05) is 0 Å². The van der Waals surface area contributed by atoms with Gasteiger partial charge in [-0.25, -0.2) is 4.79 Å². The smallest absolute Gasteiger partial charge is 0.339 e. The van der Waals surface area contributed by atoms with Crippen LogP contribution in [0.25, 0.3) is 0 Å². The van der Waals surface area contributed by atoms with E-state index in [4.69, 9.17) is 14.2 Å². The van der Waals surface area contributed by atoms with Crippen LogP contribution in [0.3, 0.4) is 0 Å². The number of carbonyl (C=O) groups is 1. The van der Waals surface area contributed by atoms with Crippen molar-refractivity contribution in [3.63, 3.8) is 0 Å². The van der Waals surface area contributed by atoms with Gasteiger partial charge in [-0.05, 0) is 19.1 Å². The predicted molar refractivity (Wildman–Crippen MR) is 71.3 cm³/mol. The largest absolute Gasteiger partial charge is 0.490 e. The maximum Gasteiger partial charge on any atom is 0.339 e. The molecule has 0 aliphatic carbocycles. The second kappa shape index (κ2) is 6.25. The molecule has 19 heavy (non-hydrogen) atoms. The number of benzene rings is 1. The molecule has 5 nitrogen and oxygen atoms in total. The van der Waals surface area contributed by atoms with Crippen molar-refractivity contribution in [1.82, 2.24) is 0 Å². The molecule has 1 N–H and O–H groups in total. The zero-order chi connectivity index (χ0) is 13.8. The van der Waals surface area contributed by atoms with Crippen LogP contribution < -0.4 is 9.47 Å². The number of rotatable bonds is 3. The number of aliphatic hydroxyl groups is 1. The van der Waals surface area contributed by atoms with Crippen molar-refractivity contribution in [2.24, 2.45) is 0 Å². The summed E-state index contributed by atoms with van der Waals surface area (Å²) in [6.07, 6.45) is -0.548. The van der Waals surface area contributed by atoms with Crippen LogP contribution >= 0.6 is 15.9 Å². The zero-order valence-corrected chi connectivity index (χ0v) is 12.1. The lowest BCUT2D eigenvalue weighted by Gasteiger charge is -2.15. The molecule has 0 aromatic heterocycles. The van der Waals surface area contributed by atoms with Crippen molar-refractivity contribution in [3.05, 3.63) is 22.2 Å². The molecule has 0 saturated heterocycles.